The van der Waals surface area contributed by atoms with Gasteiger partial charge in [-0.1, -0.05) is 47.5 Å². The quantitative estimate of drug-likeness (QED) is 0.488. The van der Waals surface area contributed by atoms with E-state index in [1.807, 2.05) is 55.6 Å². The minimum Gasteiger partial charge on any atom is -0.490 e. The topological polar surface area (TPSA) is 43.4 Å². The number of pyridine rings is 1. The number of rotatable bonds is 9. The zero-order valence-corrected chi connectivity index (χ0v) is 17.1. The summed E-state index contributed by atoms with van der Waals surface area (Å²) in [6, 6.07) is 15.3. The second kappa shape index (κ2) is 10.3. The maximum atomic E-state index is 6.48. The van der Waals surface area contributed by atoms with E-state index >= 15 is 0 Å². The standard InChI is InChI=1S/C22H22Cl2N2O2/c1-2-27-21-10-18(14-26-13-16-6-5-9-25-12-16)20(24)11-22(21)28-15-17-7-3-4-8-19(17)23/h3-12,26H,2,13-15H2,1H3. The van der Waals surface area contributed by atoms with Crippen molar-refractivity contribution in [1.29, 1.82) is 0 Å². The van der Waals surface area contributed by atoms with E-state index in [-0.39, 0.29) is 0 Å². The molecule has 0 amide bonds. The van der Waals surface area contributed by atoms with Crippen molar-refractivity contribution >= 4 is 23.2 Å². The summed E-state index contributed by atoms with van der Waals surface area (Å²) in [4.78, 5) is 4.12. The molecule has 0 bridgehead atoms. The van der Waals surface area contributed by atoms with Crippen LogP contribution in [0.2, 0.25) is 10.0 Å². The van der Waals surface area contributed by atoms with Crippen molar-refractivity contribution in [2.24, 2.45) is 0 Å². The minimum atomic E-state index is 0.342. The van der Waals surface area contributed by atoms with E-state index in [4.69, 9.17) is 32.7 Å². The molecule has 0 saturated heterocycles. The molecule has 1 aromatic heterocycles. The van der Waals surface area contributed by atoms with Gasteiger partial charge in [0.1, 0.15) is 6.61 Å². The second-order valence-electron chi connectivity index (χ2n) is 6.17. The normalized spacial score (nSPS) is 10.7. The van der Waals surface area contributed by atoms with Gasteiger partial charge in [-0.2, -0.15) is 0 Å². The molecule has 0 fully saturated rings. The molecule has 0 saturated carbocycles. The third-order valence-electron chi connectivity index (χ3n) is 4.12. The number of aromatic nitrogens is 1. The maximum absolute atomic E-state index is 6.48. The Labute approximate surface area is 175 Å². The predicted octanol–water partition coefficient (Wildman–Crippen LogP) is 5.66. The molecular formula is C22H22Cl2N2O2. The maximum Gasteiger partial charge on any atom is 0.163 e. The molecular weight excluding hydrogens is 395 g/mol. The van der Waals surface area contributed by atoms with E-state index < -0.39 is 0 Å². The van der Waals surface area contributed by atoms with Crippen LogP contribution in [0.1, 0.15) is 23.6 Å². The Balaban J connectivity index is 1.69. The van der Waals surface area contributed by atoms with E-state index in [1.165, 1.54) is 0 Å². The summed E-state index contributed by atoms with van der Waals surface area (Å²) in [5.74, 6) is 1.26. The van der Waals surface area contributed by atoms with Crippen LogP contribution in [0, 0.1) is 0 Å². The van der Waals surface area contributed by atoms with E-state index in [2.05, 4.69) is 10.3 Å². The van der Waals surface area contributed by atoms with Crippen LogP contribution in [0.4, 0.5) is 0 Å². The SMILES string of the molecule is CCOc1cc(CNCc2cccnc2)c(Cl)cc1OCc1ccccc1Cl. The van der Waals surface area contributed by atoms with Crippen LogP contribution in [-0.4, -0.2) is 11.6 Å². The molecule has 1 N–H and O–H groups in total. The van der Waals surface area contributed by atoms with Gasteiger partial charge in [-0.05, 0) is 36.2 Å². The molecule has 2 aromatic carbocycles. The molecule has 0 radical (unpaired) electrons. The van der Waals surface area contributed by atoms with E-state index in [0.29, 0.717) is 47.8 Å². The van der Waals surface area contributed by atoms with Crippen molar-refractivity contribution in [3.63, 3.8) is 0 Å². The second-order valence-corrected chi connectivity index (χ2v) is 6.98. The molecule has 4 nitrogen and oxygen atoms in total. The van der Waals surface area contributed by atoms with Gasteiger partial charge in [0.2, 0.25) is 0 Å². The lowest BCUT2D eigenvalue weighted by atomic mass is 10.2. The molecule has 146 valence electrons. The highest BCUT2D eigenvalue weighted by atomic mass is 35.5. The zero-order valence-electron chi connectivity index (χ0n) is 15.6. The summed E-state index contributed by atoms with van der Waals surface area (Å²) < 4.78 is 11.7. The lowest BCUT2D eigenvalue weighted by Crippen LogP contribution is -2.13. The van der Waals surface area contributed by atoms with Crippen molar-refractivity contribution in [2.75, 3.05) is 6.61 Å². The van der Waals surface area contributed by atoms with E-state index in [1.54, 1.807) is 12.3 Å². The van der Waals surface area contributed by atoms with Crippen molar-refractivity contribution in [1.82, 2.24) is 10.3 Å². The monoisotopic (exact) mass is 416 g/mol. The van der Waals surface area contributed by atoms with Crippen LogP contribution in [0.3, 0.4) is 0 Å². The Bertz CT molecular complexity index is 904. The fourth-order valence-corrected chi connectivity index (χ4v) is 3.12. The Morgan fingerprint density at radius 3 is 2.46 bits per heavy atom. The number of hydrogen-bond acceptors (Lipinski definition) is 4. The van der Waals surface area contributed by atoms with Gasteiger partial charge in [0, 0.05) is 47.2 Å². The average molecular weight is 417 g/mol. The summed E-state index contributed by atoms with van der Waals surface area (Å²) in [6.07, 6.45) is 3.60. The van der Waals surface area contributed by atoms with Gasteiger partial charge >= 0.3 is 0 Å². The van der Waals surface area contributed by atoms with Crippen molar-refractivity contribution in [3.05, 3.63) is 87.7 Å². The lowest BCUT2D eigenvalue weighted by molar-refractivity contribution is 0.269. The Kier molecular flexibility index (Phi) is 7.54. The molecule has 6 heteroatoms. The fourth-order valence-electron chi connectivity index (χ4n) is 2.71. The van der Waals surface area contributed by atoms with E-state index in [9.17, 15) is 0 Å². The molecule has 0 aliphatic carbocycles. The van der Waals surface area contributed by atoms with Gasteiger partial charge in [0.15, 0.2) is 11.5 Å². The van der Waals surface area contributed by atoms with Gasteiger partial charge in [0.05, 0.1) is 6.61 Å². The van der Waals surface area contributed by atoms with Crippen LogP contribution >= 0.6 is 23.2 Å². The molecule has 3 aromatic rings. The molecule has 0 aliphatic rings. The summed E-state index contributed by atoms with van der Waals surface area (Å²) in [6.45, 7) is 4.13. The molecule has 0 spiro atoms. The number of nitrogens with one attached hydrogen (secondary N) is 1. The summed E-state index contributed by atoms with van der Waals surface area (Å²) in [5, 5.41) is 4.67. The fraction of sp³-hybridized carbons (Fsp3) is 0.227. The molecule has 28 heavy (non-hydrogen) atoms. The predicted molar refractivity (Wildman–Crippen MR) is 113 cm³/mol. The highest BCUT2D eigenvalue weighted by Crippen LogP contribution is 2.34. The third kappa shape index (κ3) is 5.61. The van der Waals surface area contributed by atoms with Crippen LogP contribution in [-0.2, 0) is 19.7 Å². The van der Waals surface area contributed by atoms with Crippen LogP contribution < -0.4 is 14.8 Å². The third-order valence-corrected chi connectivity index (χ3v) is 4.84. The summed E-state index contributed by atoms with van der Waals surface area (Å²) in [7, 11) is 0. The number of hydrogen-bond donors (Lipinski definition) is 1. The summed E-state index contributed by atoms with van der Waals surface area (Å²) >= 11 is 12.7. The van der Waals surface area contributed by atoms with Crippen molar-refractivity contribution in [2.45, 2.75) is 26.6 Å². The van der Waals surface area contributed by atoms with Gasteiger partial charge in [-0.25, -0.2) is 0 Å². The highest BCUT2D eigenvalue weighted by Gasteiger charge is 2.12. The molecule has 0 unspecified atom stereocenters. The number of ether oxygens (including phenoxy) is 2. The lowest BCUT2D eigenvalue weighted by Gasteiger charge is -2.16. The average Bonchev–Trinajstić information content (AvgIpc) is 2.71. The first-order valence-corrected chi connectivity index (χ1v) is 9.84. The van der Waals surface area contributed by atoms with Crippen molar-refractivity contribution in [3.8, 4) is 11.5 Å². The number of benzene rings is 2. The Morgan fingerprint density at radius 2 is 1.71 bits per heavy atom. The first-order valence-electron chi connectivity index (χ1n) is 9.08. The van der Waals surface area contributed by atoms with Gasteiger partial charge in [-0.15, -0.1) is 0 Å². The largest absolute Gasteiger partial charge is 0.490 e. The number of halogens is 2. The highest BCUT2D eigenvalue weighted by molar-refractivity contribution is 6.31. The van der Waals surface area contributed by atoms with Crippen LogP contribution in [0.25, 0.3) is 0 Å². The van der Waals surface area contributed by atoms with Crippen LogP contribution in [0.5, 0.6) is 11.5 Å². The van der Waals surface area contributed by atoms with Crippen molar-refractivity contribution < 1.29 is 9.47 Å². The zero-order chi connectivity index (χ0) is 19.8. The Hall–Kier alpha value is -2.27. The molecule has 0 atom stereocenters. The smallest absolute Gasteiger partial charge is 0.163 e. The summed E-state index contributed by atoms with van der Waals surface area (Å²) in [5.41, 5.74) is 2.97. The molecule has 3 rings (SSSR count). The number of nitrogens with zero attached hydrogens (tertiary/aromatic N) is 1. The van der Waals surface area contributed by atoms with E-state index in [0.717, 1.165) is 16.7 Å². The Morgan fingerprint density at radius 1 is 0.893 bits per heavy atom. The molecule has 1 heterocycles. The first-order chi connectivity index (χ1) is 13.7. The van der Waals surface area contributed by atoms with Gasteiger partial charge in [0.25, 0.3) is 0 Å². The van der Waals surface area contributed by atoms with Gasteiger partial charge in [-0.3, -0.25) is 4.98 Å². The minimum absolute atomic E-state index is 0.342. The van der Waals surface area contributed by atoms with Crippen LogP contribution in [0.15, 0.2) is 60.9 Å². The van der Waals surface area contributed by atoms with Gasteiger partial charge < -0.3 is 14.8 Å². The first kappa shape index (κ1) is 20.5. The molecule has 0 aliphatic heterocycles.